The van der Waals surface area contributed by atoms with Crippen LogP contribution in [0, 0.1) is 5.92 Å². The number of nitrogens with zero attached hydrogens (tertiary/aromatic N) is 2. The molecule has 0 saturated carbocycles. The third-order valence-corrected chi connectivity index (χ3v) is 7.22. The Hall–Kier alpha value is -1.15. The van der Waals surface area contributed by atoms with E-state index in [2.05, 4.69) is 6.92 Å². The Morgan fingerprint density at radius 1 is 1.00 bits per heavy atom. The van der Waals surface area contributed by atoms with E-state index >= 15 is 0 Å². The monoisotopic (exact) mass is 401 g/mol. The highest BCUT2D eigenvalue weighted by Gasteiger charge is 2.28. The molecule has 0 unspecified atom stereocenters. The van der Waals surface area contributed by atoms with Gasteiger partial charge >= 0.3 is 0 Å². The number of likely N-dealkylation sites (tertiary alicyclic amines) is 1. The van der Waals surface area contributed by atoms with E-state index in [1.54, 1.807) is 33.5 Å². The molecule has 2 fully saturated rings. The maximum atomic E-state index is 12.7. The molecular weight excluding hydrogens is 374 g/mol. The van der Waals surface area contributed by atoms with Crippen molar-refractivity contribution in [3.8, 4) is 0 Å². The minimum atomic E-state index is -3.47. The largest absolute Gasteiger partial charge is 0.339 e. The quantitative estimate of drug-likeness (QED) is 0.840. The van der Waals surface area contributed by atoms with E-state index in [0.717, 1.165) is 25.7 Å². The first-order valence-electron chi connectivity index (χ1n) is 9.03. The molecule has 0 spiro atoms. The summed E-state index contributed by atoms with van der Waals surface area (Å²) in [7, 11) is -3.47. The van der Waals surface area contributed by atoms with Gasteiger partial charge in [-0.15, -0.1) is 12.4 Å². The average molecular weight is 402 g/mol. The van der Waals surface area contributed by atoms with Gasteiger partial charge in [-0.25, -0.2) is 8.42 Å². The Labute approximate surface area is 162 Å². The van der Waals surface area contributed by atoms with E-state index in [9.17, 15) is 13.2 Å². The van der Waals surface area contributed by atoms with Gasteiger partial charge in [0.15, 0.2) is 0 Å². The molecule has 3 rings (SSSR count). The third-order valence-electron chi connectivity index (χ3n) is 5.31. The second-order valence-electron chi connectivity index (χ2n) is 7.24. The maximum absolute atomic E-state index is 12.7. The summed E-state index contributed by atoms with van der Waals surface area (Å²) in [6.45, 7) is 4.60. The van der Waals surface area contributed by atoms with Crippen molar-refractivity contribution in [2.75, 3.05) is 26.2 Å². The Kier molecular flexibility index (Phi) is 7.07. The highest BCUT2D eigenvalue weighted by atomic mass is 35.5. The number of nitrogens with two attached hydrogens (primary N) is 1. The number of amides is 1. The Balaban J connectivity index is 0.00000243. The molecule has 8 heteroatoms. The molecule has 2 aliphatic heterocycles. The number of rotatable bonds is 3. The van der Waals surface area contributed by atoms with Gasteiger partial charge in [0.1, 0.15) is 0 Å². The van der Waals surface area contributed by atoms with Crippen LogP contribution in [0.2, 0.25) is 0 Å². The van der Waals surface area contributed by atoms with Crippen LogP contribution in [0.4, 0.5) is 0 Å². The molecule has 2 saturated heterocycles. The number of hydrogen-bond donors (Lipinski definition) is 1. The van der Waals surface area contributed by atoms with Crippen LogP contribution in [0.1, 0.15) is 43.0 Å². The van der Waals surface area contributed by atoms with Crippen LogP contribution in [-0.2, 0) is 10.0 Å². The molecule has 1 amide bonds. The smallest absolute Gasteiger partial charge is 0.253 e. The second kappa shape index (κ2) is 8.69. The molecule has 26 heavy (non-hydrogen) atoms. The third kappa shape index (κ3) is 4.57. The summed E-state index contributed by atoms with van der Waals surface area (Å²) in [4.78, 5) is 14.6. The topological polar surface area (TPSA) is 83.7 Å². The van der Waals surface area contributed by atoms with Crippen LogP contribution in [0.15, 0.2) is 29.2 Å². The van der Waals surface area contributed by atoms with Gasteiger partial charge < -0.3 is 10.6 Å². The summed E-state index contributed by atoms with van der Waals surface area (Å²) in [5.74, 6) is 0.520. The SMILES string of the molecule is CC1CCN(S(=O)(=O)c2ccc(C(=O)N3CCC(N)CC3)cc2)CC1.Cl. The minimum Gasteiger partial charge on any atom is -0.339 e. The van der Waals surface area contributed by atoms with Crippen molar-refractivity contribution in [1.82, 2.24) is 9.21 Å². The molecule has 0 atom stereocenters. The normalized spacial score (nSPS) is 20.6. The van der Waals surface area contributed by atoms with E-state index in [0.29, 0.717) is 37.7 Å². The van der Waals surface area contributed by atoms with Crippen molar-refractivity contribution in [2.45, 2.75) is 43.5 Å². The second-order valence-corrected chi connectivity index (χ2v) is 9.18. The number of sulfonamides is 1. The first kappa shape index (κ1) is 21.2. The average Bonchev–Trinajstić information content (AvgIpc) is 2.62. The van der Waals surface area contributed by atoms with Gasteiger partial charge in [-0.1, -0.05) is 6.92 Å². The summed E-state index contributed by atoms with van der Waals surface area (Å²) < 4.78 is 27.0. The molecule has 2 aliphatic rings. The molecule has 0 radical (unpaired) electrons. The highest BCUT2D eigenvalue weighted by molar-refractivity contribution is 7.89. The van der Waals surface area contributed by atoms with Gasteiger partial charge in [-0.3, -0.25) is 4.79 Å². The van der Waals surface area contributed by atoms with Crippen LogP contribution >= 0.6 is 12.4 Å². The van der Waals surface area contributed by atoms with Crippen molar-refractivity contribution >= 4 is 28.3 Å². The van der Waals surface area contributed by atoms with Crippen LogP contribution < -0.4 is 5.73 Å². The summed E-state index contributed by atoms with van der Waals surface area (Å²) >= 11 is 0. The lowest BCUT2D eigenvalue weighted by Crippen LogP contribution is -2.42. The standard InChI is InChI=1S/C18H27N3O3S.ClH/c1-14-6-12-21(13-7-14)25(23,24)17-4-2-15(3-5-17)18(22)20-10-8-16(19)9-11-20;/h2-5,14,16H,6-13,19H2,1H3;1H. The van der Waals surface area contributed by atoms with Gasteiger partial charge in [0, 0.05) is 37.8 Å². The number of benzene rings is 1. The molecule has 0 bridgehead atoms. The van der Waals surface area contributed by atoms with E-state index in [-0.39, 0.29) is 29.3 Å². The first-order chi connectivity index (χ1) is 11.9. The molecule has 0 aliphatic carbocycles. The molecular formula is C18H28ClN3O3S. The van der Waals surface area contributed by atoms with Crippen LogP contribution in [-0.4, -0.2) is 55.8 Å². The van der Waals surface area contributed by atoms with Gasteiger partial charge in [0.05, 0.1) is 4.90 Å². The summed E-state index contributed by atoms with van der Waals surface area (Å²) in [6, 6.07) is 6.52. The summed E-state index contributed by atoms with van der Waals surface area (Å²) in [6.07, 6.45) is 3.41. The fourth-order valence-electron chi connectivity index (χ4n) is 3.43. The zero-order valence-electron chi connectivity index (χ0n) is 15.1. The molecule has 2 heterocycles. The minimum absolute atomic E-state index is 0. The molecule has 1 aromatic carbocycles. The predicted octanol–water partition coefficient (Wildman–Crippen LogP) is 2.09. The lowest BCUT2D eigenvalue weighted by Gasteiger charge is -2.30. The highest BCUT2D eigenvalue weighted by Crippen LogP contribution is 2.24. The molecule has 6 nitrogen and oxygen atoms in total. The van der Waals surface area contributed by atoms with Gasteiger partial charge in [-0.05, 0) is 55.9 Å². The van der Waals surface area contributed by atoms with Gasteiger partial charge in [0.2, 0.25) is 10.0 Å². The molecule has 146 valence electrons. The van der Waals surface area contributed by atoms with E-state index < -0.39 is 10.0 Å². The van der Waals surface area contributed by atoms with Gasteiger partial charge in [-0.2, -0.15) is 4.31 Å². The van der Waals surface area contributed by atoms with E-state index in [1.165, 1.54) is 0 Å². The predicted molar refractivity (Wildman–Crippen MR) is 104 cm³/mol. The Morgan fingerprint density at radius 3 is 2.08 bits per heavy atom. The number of hydrogen-bond acceptors (Lipinski definition) is 4. The zero-order chi connectivity index (χ0) is 18.0. The van der Waals surface area contributed by atoms with Crippen molar-refractivity contribution < 1.29 is 13.2 Å². The Morgan fingerprint density at radius 2 is 1.54 bits per heavy atom. The van der Waals surface area contributed by atoms with Crippen LogP contribution in [0.5, 0.6) is 0 Å². The number of carbonyl (C=O) groups is 1. The summed E-state index contributed by atoms with van der Waals surface area (Å²) in [5, 5.41) is 0. The Bertz CT molecular complexity index is 708. The first-order valence-corrected chi connectivity index (χ1v) is 10.5. The number of piperidine rings is 2. The van der Waals surface area contributed by atoms with Crippen molar-refractivity contribution in [3.63, 3.8) is 0 Å². The zero-order valence-corrected chi connectivity index (χ0v) is 16.8. The van der Waals surface area contributed by atoms with Crippen molar-refractivity contribution in [1.29, 1.82) is 0 Å². The molecule has 0 aromatic heterocycles. The van der Waals surface area contributed by atoms with E-state index in [1.807, 2.05) is 0 Å². The number of halogens is 1. The van der Waals surface area contributed by atoms with Gasteiger partial charge in [0.25, 0.3) is 5.91 Å². The van der Waals surface area contributed by atoms with Crippen molar-refractivity contribution in [3.05, 3.63) is 29.8 Å². The fraction of sp³-hybridized carbons (Fsp3) is 0.611. The van der Waals surface area contributed by atoms with Crippen LogP contribution in [0.3, 0.4) is 0 Å². The van der Waals surface area contributed by atoms with Crippen LogP contribution in [0.25, 0.3) is 0 Å². The molecule has 1 aromatic rings. The van der Waals surface area contributed by atoms with Crippen molar-refractivity contribution in [2.24, 2.45) is 11.7 Å². The fourth-order valence-corrected chi connectivity index (χ4v) is 4.90. The summed E-state index contributed by atoms with van der Waals surface area (Å²) in [5.41, 5.74) is 6.40. The van der Waals surface area contributed by atoms with E-state index in [4.69, 9.17) is 5.73 Å². The number of carbonyl (C=O) groups excluding carboxylic acids is 1. The maximum Gasteiger partial charge on any atom is 0.253 e. The lowest BCUT2D eigenvalue weighted by atomic mass is 10.0. The molecule has 2 N–H and O–H groups in total. The lowest BCUT2D eigenvalue weighted by molar-refractivity contribution is 0.0714.